The summed E-state index contributed by atoms with van der Waals surface area (Å²) in [7, 11) is 3.07. The molecule has 0 spiro atoms. The molecule has 1 unspecified atom stereocenters. The summed E-state index contributed by atoms with van der Waals surface area (Å²) in [4.78, 5) is 20.6. The van der Waals surface area contributed by atoms with E-state index < -0.39 is 11.7 Å². The van der Waals surface area contributed by atoms with Crippen LogP contribution < -0.4 is 19.7 Å². The van der Waals surface area contributed by atoms with Gasteiger partial charge in [-0.15, -0.1) is 0 Å². The summed E-state index contributed by atoms with van der Waals surface area (Å²) in [6, 6.07) is 7.16. The molecule has 1 atom stereocenters. The fourth-order valence-corrected chi connectivity index (χ4v) is 3.37. The number of nitrogens with zero attached hydrogens (tertiary/aromatic N) is 3. The highest BCUT2D eigenvalue weighted by Gasteiger charge is 2.31. The molecular formula is C21H25F3N4O3. The topological polar surface area (TPSA) is 66.9 Å². The predicted octanol–water partition coefficient (Wildman–Crippen LogP) is 3.27. The molecule has 1 aromatic heterocycles. The number of anilines is 2. The molecule has 0 bridgehead atoms. The van der Waals surface area contributed by atoms with Crippen molar-refractivity contribution in [1.29, 1.82) is 0 Å². The Kier molecular flexibility index (Phi) is 6.89. The van der Waals surface area contributed by atoms with E-state index in [4.69, 9.17) is 9.47 Å². The van der Waals surface area contributed by atoms with E-state index in [0.717, 1.165) is 12.3 Å². The van der Waals surface area contributed by atoms with Gasteiger partial charge in [0, 0.05) is 56.3 Å². The Bertz CT molecular complexity index is 875. The number of benzene rings is 1. The summed E-state index contributed by atoms with van der Waals surface area (Å²) in [5, 5.41) is 2.88. The zero-order valence-electron chi connectivity index (χ0n) is 17.6. The lowest BCUT2D eigenvalue weighted by Gasteiger charge is -2.38. The second-order valence-corrected chi connectivity index (χ2v) is 7.19. The molecule has 1 N–H and O–H groups in total. The van der Waals surface area contributed by atoms with Crippen molar-refractivity contribution in [2.45, 2.75) is 19.1 Å². The molecule has 1 aliphatic rings. The maximum atomic E-state index is 12.7. The average Bonchev–Trinajstić information content (AvgIpc) is 2.77. The van der Waals surface area contributed by atoms with Crippen molar-refractivity contribution in [3.05, 3.63) is 42.1 Å². The first-order valence-corrected chi connectivity index (χ1v) is 9.77. The number of nitrogens with one attached hydrogen (secondary N) is 1. The van der Waals surface area contributed by atoms with Crippen LogP contribution in [0.1, 0.15) is 12.5 Å². The number of ether oxygens (including phenoxy) is 2. The quantitative estimate of drug-likeness (QED) is 0.747. The Morgan fingerprint density at radius 3 is 2.16 bits per heavy atom. The van der Waals surface area contributed by atoms with Crippen LogP contribution in [0.3, 0.4) is 0 Å². The molecule has 0 saturated carbocycles. The Morgan fingerprint density at radius 2 is 1.68 bits per heavy atom. The van der Waals surface area contributed by atoms with Gasteiger partial charge < -0.3 is 19.7 Å². The average molecular weight is 438 g/mol. The van der Waals surface area contributed by atoms with Gasteiger partial charge in [-0.2, -0.15) is 13.2 Å². The van der Waals surface area contributed by atoms with E-state index in [1.807, 2.05) is 16.7 Å². The van der Waals surface area contributed by atoms with Crippen LogP contribution >= 0.6 is 0 Å². The van der Waals surface area contributed by atoms with Crippen molar-refractivity contribution in [2.24, 2.45) is 0 Å². The zero-order chi connectivity index (χ0) is 22.6. The lowest BCUT2D eigenvalue weighted by atomic mass is 10.2. The van der Waals surface area contributed by atoms with Crippen molar-refractivity contribution in [3.63, 3.8) is 0 Å². The van der Waals surface area contributed by atoms with Gasteiger partial charge in [0.2, 0.25) is 5.91 Å². The minimum absolute atomic E-state index is 0.170. The van der Waals surface area contributed by atoms with Crippen LogP contribution in [0.15, 0.2) is 36.5 Å². The number of halogens is 3. The second kappa shape index (κ2) is 9.42. The minimum atomic E-state index is -4.40. The molecule has 1 amide bonds. The number of pyridine rings is 1. The van der Waals surface area contributed by atoms with Gasteiger partial charge in [0.05, 0.1) is 25.8 Å². The number of methoxy groups -OCH3 is 2. The van der Waals surface area contributed by atoms with Crippen molar-refractivity contribution in [2.75, 3.05) is 50.6 Å². The molecule has 7 nitrogen and oxygen atoms in total. The summed E-state index contributed by atoms with van der Waals surface area (Å²) < 4.78 is 48.6. The number of carbonyl (C=O) groups is 1. The van der Waals surface area contributed by atoms with Gasteiger partial charge >= 0.3 is 6.18 Å². The molecule has 0 radical (unpaired) electrons. The Balaban J connectivity index is 1.57. The maximum absolute atomic E-state index is 12.7. The van der Waals surface area contributed by atoms with Crippen molar-refractivity contribution < 1.29 is 27.4 Å². The number of aromatic nitrogens is 1. The third-order valence-electron chi connectivity index (χ3n) is 5.26. The predicted molar refractivity (Wildman–Crippen MR) is 111 cm³/mol. The Morgan fingerprint density at radius 1 is 1.06 bits per heavy atom. The molecule has 3 rings (SSSR count). The largest absolute Gasteiger partial charge is 0.497 e. The first kappa shape index (κ1) is 22.7. The van der Waals surface area contributed by atoms with Gasteiger partial charge in [-0.3, -0.25) is 9.69 Å². The normalized spacial score (nSPS) is 16.0. The van der Waals surface area contributed by atoms with E-state index in [0.29, 0.717) is 49.2 Å². The molecule has 2 aromatic rings. The van der Waals surface area contributed by atoms with Gasteiger partial charge in [0.1, 0.15) is 17.3 Å². The molecule has 10 heteroatoms. The van der Waals surface area contributed by atoms with E-state index in [-0.39, 0.29) is 11.9 Å². The number of carbonyl (C=O) groups excluding carboxylic acids is 1. The van der Waals surface area contributed by atoms with Crippen LogP contribution in [0.2, 0.25) is 0 Å². The van der Waals surface area contributed by atoms with Gasteiger partial charge in [0.15, 0.2) is 0 Å². The van der Waals surface area contributed by atoms with Crippen LogP contribution in [-0.2, 0) is 11.0 Å². The maximum Gasteiger partial charge on any atom is 0.417 e. The fourth-order valence-electron chi connectivity index (χ4n) is 3.37. The van der Waals surface area contributed by atoms with Gasteiger partial charge in [-0.25, -0.2) is 4.98 Å². The zero-order valence-corrected chi connectivity index (χ0v) is 17.6. The number of hydrogen-bond donors (Lipinski definition) is 1. The highest BCUT2D eigenvalue weighted by molar-refractivity contribution is 5.95. The molecule has 31 heavy (non-hydrogen) atoms. The second-order valence-electron chi connectivity index (χ2n) is 7.19. The molecule has 1 fully saturated rings. The molecule has 1 aliphatic heterocycles. The van der Waals surface area contributed by atoms with Crippen LogP contribution in [0.25, 0.3) is 0 Å². The summed E-state index contributed by atoms with van der Waals surface area (Å²) >= 11 is 0. The van der Waals surface area contributed by atoms with E-state index in [2.05, 4.69) is 10.3 Å². The SMILES string of the molecule is COc1cc(NC(=O)C(C)N2CCN(c3ccc(C(F)(F)F)cn3)CC2)cc(OC)c1. The summed E-state index contributed by atoms with van der Waals surface area (Å²) in [5.74, 6) is 1.46. The smallest absolute Gasteiger partial charge is 0.417 e. The van der Waals surface area contributed by atoms with Crippen LogP contribution in [0.5, 0.6) is 11.5 Å². The standard InChI is InChI=1S/C21H25F3N4O3/c1-14(20(29)26-16-10-17(30-2)12-18(11-16)31-3)27-6-8-28(9-7-27)19-5-4-15(13-25-19)21(22,23)24/h4-5,10-14H,6-9H2,1-3H3,(H,26,29). The number of rotatable bonds is 6. The van der Waals surface area contributed by atoms with E-state index in [9.17, 15) is 18.0 Å². The Labute approximate surface area is 178 Å². The summed E-state index contributed by atoms with van der Waals surface area (Å²) in [6.45, 7) is 4.10. The lowest BCUT2D eigenvalue weighted by Crippen LogP contribution is -2.53. The molecule has 1 aromatic carbocycles. The molecule has 0 aliphatic carbocycles. The first-order valence-electron chi connectivity index (χ1n) is 9.77. The van der Waals surface area contributed by atoms with Crippen molar-refractivity contribution in [1.82, 2.24) is 9.88 Å². The number of hydrogen-bond acceptors (Lipinski definition) is 6. The number of piperazine rings is 1. The number of alkyl halides is 3. The van der Waals surface area contributed by atoms with Crippen LogP contribution in [0.4, 0.5) is 24.7 Å². The van der Waals surface area contributed by atoms with Gasteiger partial charge in [-0.1, -0.05) is 0 Å². The monoisotopic (exact) mass is 438 g/mol. The molecule has 168 valence electrons. The summed E-state index contributed by atoms with van der Waals surface area (Å²) in [6.07, 6.45) is -3.56. The van der Waals surface area contributed by atoms with Gasteiger partial charge in [0.25, 0.3) is 0 Å². The molecular weight excluding hydrogens is 413 g/mol. The third kappa shape index (κ3) is 5.57. The Hall–Kier alpha value is -3.01. The van der Waals surface area contributed by atoms with Crippen LogP contribution in [0, 0.1) is 0 Å². The highest BCUT2D eigenvalue weighted by atomic mass is 19.4. The van der Waals surface area contributed by atoms with E-state index in [1.165, 1.54) is 20.3 Å². The minimum Gasteiger partial charge on any atom is -0.497 e. The molecule has 2 heterocycles. The molecule has 1 saturated heterocycles. The van der Waals surface area contributed by atoms with E-state index >= 15 is 0 Å². The van der Waals surface area contributed by atoms with Crippen molar-refractivity contribution >= 4 is 17.4 Å². The van der Waals surface area contributed by atoms with Crippen molar-refractivity contribution in [3.8, 4) is 11.5 Å². The summed E-state index contributed by atoms with van der Waals surface area (Å²) in [5.41, 5.74) is -0.199. The third-order valence-corrected chi connectivity index (χ3v) is 5.26. The number of amides is 1. The fraction of sp³-hybridized carbons (Fsp3) is 0.429. The van der Waals surface area contributed by atoms with Gasteiger partial charge in [-0.05, 0) is 19.1 Å². The lowest BCUT2D eigenvalue weighted by molar-refractivity contribution is -0.137. The first-order chi connectivity index (χ1) is 14.7. The van der Waals surface area contributed by atoms with E-state index in [1.54, 1.807) is 18.2 Å². The highest BCUT2D eigenvalue weighted by Crippen LogP contribution is 2.30. The van der Waals surface area contributed by atoms with Crippen LogP contribution in [-0.4, -0.2) is 62.2 Å².